The summed E-state index contributed by atoms with van der Waals surface area (Å²) in [5.74, 6) is -1.69. The summed E-state index contributed by atoms with van der Waals surface area (Å²) in [6.07, 6.45) is -0.0800. The van der Waals surface area contributed by atoms with Gasteiger partial charge in [-0.3, -0.25) is 9.59 Å². The molecule has 1 aromatic heterocycles. The van der Waals surface area contributed by atoms with Gasteiger partial charge in [0.05, 0.1) is 5.56 Å². The number of carbonyl (C=O) groups excluding carboxylic acids is 1. The summed E-state index contributed by atoms with van der Waals surface area (Å²) in [6, 6.07) is 12.8. The van der Waals surface area contributed by atoms with Crippen molar-refractivity contribution in [1.29, 1.82) is 0 Å². The molecule has 8 heteroatoms. The van der Waals surface area contributed by atoms with Crippen LogP contribution < -0.4 is 10.9 Å². The zero-order chi connectivity index (χ0) is 20.5. The average molecular weight is 413 g/mol. The van der Waals surface area contributed by atoms with E-state index < -0.39 is 23.1 Å². The first-order valence-electron chi connectivity index (χ1n) is 8.96. The first-order valence-corrected chi connectivity index (χ1v) is 9.94. The SMILES string of the molecule is Cn1c(SCc2ccccc2)nc(=O)c2c1NC(=O)CC2c1cc(F)cc(F)c1. The Labute approximate surface area is 169 Å². The van der Waals surface area contributed by atoms with E-state index in [1.165, 1.54) is 11.8 Å². The average Bonchev–Trinajstić information content (AvgIpc) is 2.69. The molecule has 1 N–H and O–H groups in total. The Morgan fingerprint density at radius 3 is 2.52 bits per heavy atom. The van der Waals surface area contributed by atoms with Gasteiger partial charge < -0.3 is 9.88 Å². The largest absolute Gasteiger partial charge is 0.312 e. The first-order chi connectivity index (χ1) is 13.9. The third kappa shape index (κ3) is 3.93. The Morgan fingerprint density at radius 1 is 1.14 bits per heavy atom. The number of nitrogens with zero attached hydrogens (tertiary/aromatic N) is 2. The van der Waals surface area contributed by atoms with Crippen molar-refractivity contribution in [3.05, 3.63) is 87.2 Å². The van der Waals surface area contributed by atoms with E-state index in [2.05, 4.69) is 10.3 Å². The highest BCUT2D eigenvalue weighted by Crippen LogP contribution is 2.36. The van der Waals surface area contributed by atoms with E-state index in [0.717, 1.165) is 23.8 Å². The number of nitrogens with one attached hydrogen (secondary N) is 1. The Morgan fingerprint density at radius 2 is 1.83 bits per heavy atom. The molecular weight excluding hydrogens is 396 g/mol. The maximum Gasteiger partial charge on any atom is 0.279 e. The molecule has 0 fully saturated rings. The third-order valence-electron chi connectivity index (χ3n) is 4.80. The van der Waals surface area contributed by atoms with Crippen LogP contribution in [0.15, 0.2) is 58.5 Å². The molecule has 0 bridgehead atoms. The van der Waals surface area contributed by atoms with Crippen LogP contribution in [0.25, 0.3) is 0 Å². The minimum absolute atomic E-state index is 0.0800. The van der Waals surface area contributed by atoms with Crippen molar-refractivity contribution in [2.75, 3.05) is 5.32 Å². The molecule has 0 saturated heterocycles. The number of halogens is 2. The van der Waals surface area contributed by atoms with Crippen molar-refractivity contribution in [3.63, 3.8) is 0 Å². The van der Waals surface area contributed by atoms with Gasteiger partial charge in [-0.25, -0.2) is 8.78 Å². The lowest BCUT2D eigenvalue weighted by molar-refractivity contribution is -0.116. The van der Waals surface area contributed by atoms with Crippen LogP contribution in [0, 0.1) is 11.6 Å². The third-order valence-corrected chi connectivity index (χ3v) is 5.90. The first kappa shape index (κ1) is 19.3. The Balaban J connectivity index is 1.75. The zero-order valence-corrected chi connectivity index (χ0v) is 16.3. The van der Waals surface area contributed by atoms with Crippen LogP contribution >= 0.6 is 11.8 Å². The quantitative estimate of drug-likeness (QED) is 0.522. The maximum atomic E-state index is 13.7. The number of amides is 1. The summed E-state index contributed by atoms with van der Waals surface area (Å²) < 4.78 is 29.1. The Kier molecular flexibility index (Phi) is 5.19. The highest BCUT2D eigenvalue weighted by molar-refractivity contribution is 7.98. The number of benzene rings is 2. The molecule has 2 heterocycles. The van der Waals surface area contributed by atoms with E-state index in [1.54, 1.807) is 11.6 Å². The minimum Gasteiger partial charge on any atom is -0.312 e. The molecule has 29 heavy (non-hydrogen) atoms. The fourth-order valence-corrected chi connectivity index (χ4v) is 4.37. The summed E-state index contributed by atoms with van der Waals surface area (Å²) in [5, 5.41) is 3.17. The molecule has 1 atom stereocenters. The summed E-state index contributed by atoms with van der Waals surface area (Å²) >= 11 is 1.37. The van der Waals surface area contributed by atoms with Crippen molar-refractivity contribution in [3.8, 4) is 0 Å². The molecule has 0 aliphatic carbocycles. The van der Waals surface area contributed by atoms with Crippen molar-refractivity contribution in [1.82, 2.24) is 9.55 Å². The molecule has 1 unspecified atom stereocenters. The zero-order valence-electron chi connectivity index (χ0n) is 15.5. The molecule has 2 aromatic carbocycles. The van der Waals surface area contributed by atoms with Gasteiger partial charge in [0.1, 0.15) is 17.5 Å². The van der Waals surface area contributed by atoms with E-state index in [9.17, 15) is 18.4 Å². The second-order valence-corrected chi connectivity index (χ2v) is 7.75. The highest BCUT2D eigenvalue weighted by Gasteiger charge is 2.32. The predicted molar refractivity (Wildman–Crippen MR) is 107 cm³/mol. The number of rotatable bonds is 4. The van der Waals surface area contributed by atoms with Gasteiger partial charge in [-0.05, 0) is 23.3 Å². The number of carbonyl (C=O) groups is 1. The van der Waals surface area contributed by atoms with E-state index in [1.807, 2.05) is 30.3 Å². The van der Waals surface area contributed by atoms with Crippen LogP contribution in [0.5, 0.6) is 0 Å². The molecule has 0 radical (unpaired) electrons. The summed E-state index contributed by atoms with van der Waals surface area (Å²) in [6.45, 7) is 0. The Bertz CT molecular complexity index is 1130. The highest BCUT2D eigenvalue weighted by atomic mass is 32.2. The molecule has 148 valence electrons. The summed E-state index contributed by atoms with van der Waals surface area (Å²) in [4.78, 5) is 29.3. The number of hydrogen-bond donors (Lipinski definition) is 1. The monoisotopic (exact) mass is 413 g/mol. The number of fused-ring (bicyclic) bond motifs is 1. The summed E-state index contributed by atoms with van der Waals surface area (Å²) in [5.41, 5.74) is 1.04. The van der Waals surface area contributed by atoms with Crippen LogP contribution in [-0.4, -0.2) is 15.5 Å². The number of thioether (sulfide) groups is 1. The fourth-order valence-electron chi connectivity index (χ4n) is 3.45. The normalized spacial score (nSPS) is 15.7. The molecule has 4 rings (SSSR count). The molecule has 1 aliphatic rings. The van der Waals surface area contributed by atoms with Crippen molar-refractivity contribution >= 4 is 23.5 Å². The molecule has 0 saturated carbocycles. The molecule has 5 nitrogen and oxygen atoms in total. The van der Waals surface area contributed by atoms with E-state index in [4.69, 9.17) is 0 Å². The standard InChI is InChI=1S/C21H17F2N3O2S/c1-26-19-18(20(28)25-21(26)29-11-12-5-3-2-4-6-12)16(10-17(27)24-19)13-7-14(22)9-15(23)8-13/h2-9,16H,10-11H2,1H3,(H,24,27). The van der Waals surface area contributed by atoms with Gasteiger partial charge in [0.25, 0.3) is 5.56 Å². The predicted octanol–water partition coefficient (Wildman–Crippen LogP) is 3.82. The molecule has 0 spiro atoms. The van der Waals surface area contributed by atoms with E-state index in [-0.39, 0.29) is 23.5 Å². The Hall–Kier alpha value is -3.00. The number of hydrogen-bond acceptors (Lipinski definition) is 4. The lowest BCUT2D eigenvalue weighted by atomic mass is 9.86. The molecular formula is C21H17F2N3O2S. The van der Waals surface area contributed by atoms with Gasteiger partial charge in [0, 0.05) is 31.2 Å². The van der Waals surface area contributed by atoms with Gasteiger partial charge in [-0.2, -0.15) is 4.98 Å². The van der Waals surface area contributed by atoms with Gasteiger partial charge in [-0.1, -0.05) is 42.1 Å². The van der Waals surface area contributed by atoms with Crippen molar-refractivity contribution in [2.45, 2.75) is 23.2 Å². The second kappa shape index (κ2) is 7.79. The lowest BCUT2D eigenvalue weighted by Crippen LogP contribution is -2.33. The van der Waals surface area contributed by atoms with Gasteiger partial charge in [0.2, 0.25) is 5.91 Å². The topological polar surface area (TPSA) is 64.0 Å². The second-order valence-electron chi connectivity index (χ2n) is 6.80. The number of anilines is 1. The molecule has 1 amide bonds. The molecule has 1 aliphatic heterocycles. The van der Waals surface area contributed by atoms with Crippen LogP contribution in [0.3, 0.4) is 0 Å². The molecule has 3 aromatic rings. The van der Waals surface area contributed by atoms with E-state index >= 15 is 0 Å². The van der Waals surface area contributed by atoms with Crippen LogP contribution in [0.2, 0.25) is 0 Å². The minimum atomic E-state index is -0.761. The van der Waals surface area contributed by atoms with E-state index in [0.29, 0.717) is 16.7 Å². The van der Waals surface area contributed by atoms with Gasteiger partial charge >= 0.3 is 0 Å². The smallest absolute Gasteiger partial charge is 0.279 e. The number of aromatic nitrogens is 2. The summed E-state index contributed by atoms with van der Waals surface area (Å²) in [7, 11) is 1.70. The van der Waals surface area contributed by atoms with Crippen LogP contribution in [0.1, 0.15) is 29.0 Å². The van der Waals surface area contributed by atoms with Gasteiger partial charge in [0.15, 0.2) is 5.16 Å². The van der Waals surface area contributed by atoms with Crippen LogP contribution in [-0.2, 0) is 17.6 Å². The van der Waals surface area contributed by atoms with Gasteiger partial charge in [-0.15, -0.1) is 0 Å². The lowest BCUT2D eigenvalue weighted by Gasteiger charge is -2.27. The van der Waals surface area contributed by atoms with Crippen LogP contribution in [0.4, 0.5) is 14.6 Å². The fraction of sp³-hybridized carbons (Fsp3) is 0.190. The van der Waals surface area contributed by atoms with Crippen molar-refractivity contribution in [2.24, 2.45) is 7.05 Å². The van der Waals surface area contributed by atoms with Crippen molar-refractivity contribution < 1.29 is 13.6 Å². The maximum absolute atomic E-state index is 13.7.